The first-order valence-corrected chi connectivity index (χ1v) is 9.41. The van der Waals surface area contributed by atoms with Crippen LogP contribution in [0.15, 0.2) is 53.9 Å². The maximum Gasteiger partial charge on any atom is 0.0483 e. The number of hydrogen-bond acceptors (Lipinski definition) is 3. The number of nitrogens with one attached hydrogen (secondary N) is 1. The first kappa shape index (κ1) is 14.3. The summed E-state index contributed by atoms with van der Waals surface area (Å²) in [6, 6.07) is 16.6. The minimum absolute atomic E-state index is 0.608. The maximum absolute atomic E-state index is 11.3. The highest BCUT2D eigenvalue weighted by atomic mass is 32.2. The zero-order chi connectivity index (χ0) is 14.7. The van der Waals surface area contributed by atoms with E-state index < -0.39 is 10.8 Å². The topological polar surface area (TPSA) is 29.1 Å². The van der Waals surface area contributed by atoms with E-state index in [1.54, 1.807) is 17.6 Å². The molecule has 2 nitrogen and oxygen atoms in total. The van der Waals surface area contributed by atoms with Crippen molar-refractivity contribution in [2.45, 2.75) is 12.3 Å². The molecule has 21 heavy (non-hydrogen) atoms. The molecule has 0 amide bonds. The molecule has 0 radical (unpaired) electrons. The molecular formula is C17H17NOS2. The third-order valence-corrected chi connectivity index (χ3v) is 5.09. The molecule has 0 bridgehead atoms. The molecule has 0 aliphatic carbocycles. The molecule has 3 aromatic rings. The second-order valence-electron chi connectivity index (χ2n) is 5.03. The Morgan fingerprint density at radius 3 is 2.86 bits per heavy atom. The Kier molecular flexibility index (Phi) is 4.36. The van der Waals surface area contributed by atoms with E-state index in [0.717, 1.165) is 17.8 Å². The van der Waals surface area contributed by atoms with Gasteiger partial charge in [-0.2, -0.15) is 0 Å². The van der Waals surface area contributed by atoms with E-state index in [1.807, 2.05) is 12.1 Å². The van der Waals surface area contributed by atoms with Gasteiger partial charge in [0.2, 0.25) is 0 Å². The normalized spacial score (nSPS) is 12.4. The molecule has 3 rings (SSSR count). The van der Waals surface area contributed by atoms with Crippen LogP contribution in [0.1, 0.15) is 11.1 Å². The molecule has 2 aromatic carbocycles. The molecule has 4 heteroatoms. The molecule has 1 aromatic heterocycles. The zero-order valence-corrected chi connectivity index (χ0v) is 13.5. The summed E-state index contributed by atoms with van der Waals surface area (Å²) in [5.41, 5.74) is 3.50. The van der Waals surface area contributed by atoms with Gasteiger partial charge in [0.1, 0.15) is 0 Å². The van der Waals surface area contributed by atoms with E-state index >= 15 is 0 Å². The summed E-state index contributed by atoms with van der Waals surface area (Å²) in [7, 11) is -0.803. The molecule has 0 fully saturated rings. The zero-order valence-electron chi connectivity index (χ0n) is 11.8. The van der Waals surface area contributed by atoms with Gasteiger partial charge in [0, 0.05) is 39.7 Å². The SMILES string of the molecule is C[S@@](=O)Cc1cccc(NCc2csc3ccccc23)c1. The molecule has 0 saturated carbocycles. The number of hydrogen-bond donors (Lipinski definition) is 1. The molecule has 0 aliphatic rings. The Hall–Kier alpha value is -1.65. The lowest BCUT2D eigenvalue weighted by Crippen LogP contribution is -2.00. The van der Waals surface area contributed by atoms with Crippen molar-refractivity contribution in [3.05, 3.63) is 65.0 Å². The fraction of sp³-hybridized carbons (Fsp3) is 0.176. The van der Waals surface area contributed by atoms with Gasteiger partial charge >= 0.3 is 0 Å². The molecule has 1 heterocycles. The first-order valence-electron chi connectivity index (χ1n) is 6.80. The summed E-state index contributed by atoms with van der Waals surface area (Å²) in [5, 5.41) is 6.99. The number of rotatable bonds is 5. The molecule has 1 N–H and O–H groups in total. The van der Waals surface area contributed by atoms with Gasteiger partial charge in [-0.3, -0.25) is 4.21 Å². The molecule has 0 unspecified atom stereocenters. The number of thiophene rings is 1. The summed E-state index contributed by atoms with van der Waals surface area (Å²) in [6.45, 7) is 0.808. The van der Waals surface area contributed by atoms with E-state index in [4.69, 9.17) is 0 Å². The molecular weight excluding hydrogens is 298 g/mol. The monoisotopic (exact) mass is 315 g/mol. The van der Waals surface area contributed by atoms with Gasteiger partial charge in [-0.05, 0) is 40.1 Å². The van der Waals surface area contributed by atoms with E-state index in [0.29, 0.717) is 5.75 Å². The fourth-order valence-electron chi connectivity index (χ4n) is 2.37. The van der Waals surface area contributed by atoms with Crippen LogP contribution >= 0.6 is 11.3 Å². The fourth-order valence-corrected chi connectivity index (χ4v) is 3.98. The largest absolute Gasteiger partial charge is 0.381 e. The van der Waals surface area contributed by atoms with Crippen LogP contribution in [0.4, 0.5) is 5.69 Å². The van der Waals surface area contributed by atoms with Gasteiger partial charge in [0.05, 0.1) is 0 Å². The smallest absolute Gasteiger partial charge is 0.0483 e. The molecule has 0 aliphatic heterocycles. The number of benzene rings is 2. The van der Waals surface area contributed by atoms with Crippen molar-refractivity contribution < 1.29 is 4.21 Å². The van der Waals surface area contributed by atoms with Crippen molar-refractivity contribution in [2.24, 2.45) is 0 Å². The standard InChI is InChI=1S/C17H17NOS2/c1-21(19)12-13-5-4-6-15(9-13)18-10-14-11-20-17-8-3-2-7-16(14)17/h2-9,11,18H,10,12H2,1H3/t21-/m1/s1. The minimum Gasteiger partial charge on any atom is -0.381 e. The van der Waals surface area contributed by atoms with Crippen molar-refractivity contribution in [2.75, 3.05) is 11.6 Å². The number of fused-ring (bicyclic) bond motifs is 1. The van der Waals surface area contributed by atoms with E-state index in [1.165, 1.54) is 15.6 Å². The Balaban J connectivity index is 1.74. The lowest BCUT2D eigenvalue weighted by atomic mass is 10.1. The van der Waals surface area contributed by atoms with Crippen LogP contribution in [0, 0.1) is 0 Å². The predicted octanol–water partition coefficient (Wildman–Crippen LogP) is 4.39. The summed E-state index contributed by atoms with van der Waals surface area (Å²) in [6.07, 6.45) is 1.73. The highest BCUT2D eigenvalue weighted by molar-refractivity contribution is 7.83. The van der Waals surface area contributed by atoms with Crippen molar-refractivity contribution >= 4 is 37.9 Å². The van der Waals surface area contributed by atoms with Gasteiger partial charge < -0.3 is 5.32 Å². The Morgan fingerprint density at radius 1 is 1.14 bits per heavy atom. The van der Waals surface area contributed by atoms with Crippen molar-refractivity contribution in [1.82, 2.24) is 0 Å². The van der Waals surface area contributed by atoms with Crippen LogP contribution in [0.3, 0.4) is 0 Å². The second-order valence-corrected chi connectivity index (χ2v) is 7.37. The first-order chi connectivity index (χ1) is 10.2. The van der Waals surface area contributed by atoms with Gasteiger partial charge in [-0.1, -0.05) is 30.3 Å². The predicted molar refractivity (Wildman–Crippen MR) is 93.4 cm³/mol. The molecule has 0 saturated heterocycles. The van der Waals surface area contributed by atoms with Gasteiger partial charge in [0.15, 0.2) is 0 Å². The Labute approximate surface area is 131 Å². The van der Waals surface area contributed by atoms with E-state index in [9.17, 15) is 4.21 Å². The van der Waals surface area contributed by atoms with Crippen LogP contribution in [-0.2, 0) is 23.1 Å². The van der Waals surface area contributed by atoms with Gasteiger partial charge in [-0.15, -0.1) is 11.3 Å². The Morgan fingerprint density at radius 2 is 2.00 bits per heavy atom. The summed E-state index contributed by atoms with van der Waals surface area (Å²) < 4.78 is 12.6. The molecule has 0 spiro atoms. The van der Waals surface area contributed by atoms with Crippen molar-refractivity contribution in [3.63, 3.8) is 0 Å². The third-order valence-electron chi connectivity index (χ3n) is 3.34. The van der Waals surface area contributed by atoms with Gasteiger partial charge in [0.25, 0.3) is 0 Å². The van der Waals surface area contributed by atoms with Crippen LogP contribution < -0.4 is 5.32 Å². The molecule has 1 atom stereocenters. The summed E-state index contributed by atoms with van der Waals surface area (Å²) in [5.74, 6) is 0.608. The maximum atomic E-state index is 11.3. The highest BCUT2D eigenvalue weighted by Gasteiger charge is 2.03. The highest BCUT2D eigenvalue weighted by Crippen LogP contribution is 2.26. The van der Waals surface area contributed by atoms with Gasteiger partial charge in [-0.25, -0.2) is 0 Å². The van der Waals surface area contributed by atoms with Crippen LogP contribution in [-0.4, -0.2) is 10.5 Å². The van der Waals surface area contributed by atoms with Crippen molar-refractivity contribution in [1.29, 1.82) is 0 Å². The lowest BCUT2D eigenvalue weighted by molar-refractivity contribution is 0.686. The summed E-state index contributed by atoms with van der Waals surface area (Å²) >= 11 is 1.78. The Bertz CT molecular complexity index is 779. The van der Waals surface area contributed by atoms with Crippen molar-refractivity contribution in [3.8, 4) is 0 Å². The van der Waals surface area contributed by atoms with E-state index in [-0.39, 0.29) is 0 Å². The average Bonchev–Trinajstić information content (AvgIpc) is 2.88. The number of anilines is 1. The molecule has 108 valence electrons. The van der Waals surface area contributed by atoms with Crippen LogP contribution in [0.25, 0.3) is 10.1 Å². The van der Waals surface area contributed by atoms with Crippen LogP contribution in [0.2, 0.25) is 0 Å². The average molecular weight is 315 g/mol. The lowest BCUT2D eigenvalue weighted by Gasteiger charge is -2.07. The van der Waals surface area contributed by atoms with E-state index in [2.05, 4.69) is 47.1 Å². The van der Waals surface area contributed by atoms with Crippen LogP contribution in [0.5, 0.6) is 0 Å². The minimum atomic E-state index is -0.803. The summed E-state index contributed by atoms with van der Waals surface area (Å²) in [4.78, 5) is 0. The quantitative estimate of drug-likeness (QED) is 0.756. The second kappa shape index (κ2) is 6.41. The third kappa shape index (κ3) is 3.52.